The van der Waals surface area contributed by atoms with E-state index in [0.29, 0.717) is 17.3 Å². The summed E-state index contributed by atoms with van der Waals surface area (Å²) in [5.74, 6) is 1.11. The summed E-state index contributed by atoms with van der Waals surface area (Å²) in [4.78, 5) is 6.24. The van der Waals surface area contributed by atoms with Gasteiger partial charge in [-0.2, -0.15) is 0 Å². The van der Waals surface area contributed by atoms with Gasteiger partial charge >= 0.3 is 0 Å². The first-order valence-corrected chi connectivity index (χ1v) is 6.63. The summed E-state index contributed by atoms with van der Waals surface area (Å²) in [6.45, 7) is 1.97. The molecule has 1 aromatic carbocycles. The second-order valence-corrected chi connectivity index (χ2v) is 5.37. The fourth-order valence-electron chi connectivity index (χ4n) is 1.59. The van der Waals surface area contributed by atoms with Crippen LogP contribution in [0.4, 0.5) is 11.4 Å². The van der Waals surface area contributed by atoms with Crippen molar-refractivity contribution in [2.75, 3.05) is 24.7 Å². The molecule has 0 fully saturated rings. The van der Waals surface area contributed by atoms with Gasteiger partial charge in [0.05, 0.1) is 10.2 Å². The van der Waals surface area contributed by atoms with E-state index in [1.807, 2.05) is 50.2 Å². The molecule has 0 saturated carbocycles. The lowest BCUT2D eigenvalue weighted by Crippen LogP contribution is -2.08. The van der Waals surface area contributed by atoms with Gasteiger partial charge in [-0.25, -0.2) is 4.98 Å². The van der Waals surface area contributed by atoms with Gasteiger partial charge in [0.1, 0.15) is 0 Å². The number of nitrogen functional groups attached to an aromatic ring is 1. The average Bonchev–Trinajstić information content (AvgIpc) is 2.34. The first-order valence-electron chi connectivity index (χ1n) is 5.84. The molecule has 0 amide bonds. The SMILES string of the molecule is Cc1cnc(Oc2cc(N(C)C)ccc2N)c(Br)c1. The Morgan fingerprint density at radius 1 is 1.26 bits per heavy atom. The summed E-state index contributed by atoms with van der Waals surface area (Å²) in [7, 11) is 3.94. The molecule has 5 heteroatoms. The van der Waals surface area contributed by atoms with Crippen molar-refractivity contribution < 1.29 is 4.74 Å². The van der Waals surface area contributed by atoms with E-state index < -0.39 is 0 Å². The van der Waals surface area contributed by atoms with Crippen molar-refractivity contribution in [3.8, 4) is 11.6 Å². The van der Waals surface area contributed by atoms with E-state index in [2.05, 4.69) is 20.9 Å². The van der Waals surface area contributed by atoms with Crippen molar-refractivity contribution in [1.29, 1.82) is 0 Å². The fourth-order valence-corrected chi connectivity index (χ4v) is 2.13. The van der Waals surface area contributed by atoms with Crippen LogP contribution >= 0.6 is 15.9 Å². The van der Waals surface area contributed by atoms with E-state index in [1.54, 1.807) is 6.20 Å². The number of nitrogens with two attached hydrogens (primary N) is 1. The van der Waals surface area contributed by atoms with Gasteiger partial charge in [-0.3, -0.25) is 0 Å². The molecule has 0 spiro atoms. The van der Waals surface area contributed by atoms with Crippen LogP contribution < -0.4 is 15.4 Å². The molecular formula is C14H16BrN3O. The van der Waals surface area contributed by atoms with Crippen molar-refractivity contribution >= 4 is 27.3 Å². The highest BCUT2D eigenvalue weighted by Gasteiger charge is 2.09. The maximum absolute atomic E-state index is 5.93. The zero-order valence-electron chi connectivity index (χ0n) is 11.1. The molecule has 100 valence electrons. The molecule has 1 aromatic heterocycles. The maximum atomic E-state index is 5.93. The zero-order chi connectivity index (χ0) is 14.0. The third kappa shape index (κ3) is 3.17. The number of hydrogen-bond donors (Lipinski definition) is 1. The van der Waals surface area contributed by atoms with Gasteiger partial charge in [0.15, 0.2) is 5.75 Å². The van der Waals surface area contributed by atoms with Crippen LogP contribution in [-0.2, 0) is 0 Å². The molecule has 0 radical (unpaired) electrons. The standard InChI is InChI=1S/C14H16BrN3O/c1-9-6-11(15)14(17-8-9)19-13-7-10(18(2)3)4-5-12(13)16/h4-8H,16H2,1-3H3. The van der Waals surface area contributed by atoms with E-state index in [1.165, 1.54) is 0 Å². The van der Waals surface area contributed by atoms with Crippen LogP contribution in [0.25, 0.3) is 0 Å². The third-order valence-corrected chi connectivity index (χ3v) is 3.23. The molecule has 0 unspecified atom stereocenters. The van der Waals surface area contributed by atoms with Gasteiger partial charge in [-0.05, 0) is 46.6 Å². The van der Waals surface area contributed by atoms with Gasteiger partial charge < -0.3 is 15.4 Å². The normalized spacial score (nSPS) is 10.3. The Hall–Kier alpha value is -1.75. The molecule has 0 aliphatic rings. The van der Waals surface area contributed by atoms with Crippen molar-refractivity contribution in [3.05, 3.63) is 40.5 Å². The summed E-state index contributed by atoms with van der Waals surface area (Å²) < 4.78 is 6.58. The highest BCUT2D eigenvalue weighted by atomic mass is 79.9. The first-order chi connectivity index (χ1) is 8.97. The second kappa shape index (κ2) is 5.48. The lowest BCUT2D eigenvalue weighted by molar-refractivity contribution is 0.461. The Balaban J connectivity index is 2.34. The minimum absolute atomic E-state index is 0.508. The monoisotopic (exact) mass is 321 g/mol. The van der Waals surface area contributed by atoms with E-state index in [4.69, 9.17) is 10.5 Å². The van der Waals surface area contributed by atoms with Gasteiger partial charge in [0.25, 0.3) is 0 Å². The van der Waals surface area contributed by atoms with Crippen molar-refractivity contribution in [2.24, 2.45) is 0 Å². The molecule has 0 aliphatic carbocycles. The molecule has 0 saturated heterocycles. The number of nitrogens with zero attached hydrogens (tertiary/aromatic N) is 2. The Morgan fingerprint density at radius 2 is 2.00 bits per heavy atom. The van der Waals surface area contributed by atoms with E-state index >= 15 is 0 Å². The molecular weight excluding hydrogens is 306 g/mol. The summed E-state index contributed by atoms with van der Waals surface area (Å²) in [6, 6.07) is 7.62. The highest BCUT2D eigenvalue weighted by molar-refractivity contribution is 9.10. The smallest absolute Gasteiger partial charge is 0.233 e. The number of aromatic nitrogens is 1. The van der Waals surface area contributed by atoms with Crippen LogP contribution in [-0.4, -0.2) is 19.1 Å². The topological polar surface area (TPSA) is 51.4 Å². The van der Waals surface area contributed by atoms with Gasteiger partial charge in [0.2, 0.25) is 5.88 Å². The number of halogens is 1. The van der Waals surface area contributed by atoms with E-state index in [0.717, 1.165) is 15.7 Å². The molecule has 2 rings (SSSR count). The van der Waals surface area contributed by atoms with Gasteiger partial charge in [0, 0.05) is 32.0 Å². The van der Waals surface area contributed by atoms with Crippen molar-refractivity contribution in [3.63, 3.8) is 0 Å². The predicted octanol–water partition coefficient (Wildman–Crippen LogP) is 3.59. The number of aryl methyl sites for hydroxylation is 1. The van der Waals surface area contributed by atoms with Crippen LogP contribution in [0.2, 0.25) is 0 Å². The first kappa shape index (κ1) is 13.7. The number of anilines is 2. The number of ether oxygens (including phenoxy) is 1. The average molecular weight is 322 g/mol. The van der Waals surface area contributed by atoms with Gasteiger partial charge in [-0.1, -0.05) is 0 Å². The predicted molar refractivity (Wildman–Crippen MR) is 81.9 cm³/mol. The maximum Gasteiger partial charge on any atom is 0.233 e. The summed E-state index contributed by atoms with van der Waals surface area (Å²) in [5.41, 5.74) is 8.60. The van der Waals surface area contributed by atoms with Crippen molar-refractivity contribution in [2.45, 2.75) is 6.92 Å². The largest absolute Gasteiger partial charge is 0.436 e. The van der Waals surface area contributed by atoms with Crippen LogP contribution in [0.3, 0.4) is 0 Å². The van der Waals surface area contributed by atoms with Crippen LogP contribution in [0.15, 0.2) is 34.9 Å². The summed E-state index contributed by atoms with van der Waals surface area (Å²) >= 11 is 3.44. The summed E-state index contributed by atoms with van der Waals surface area (Å²) in [6.07, 6.45) is 1.76. The number of hydrogen-bond acceptors (Lipinski definition) is 4. The third-order valence-electron chi connectivity index (χ3n) is 2.66. The Morgan fingerprint density at radius 3 is 2.63 bits per heavy atom. The van der Waals surface area contributed by atoms with Crippen molar-refractivity contribution in [1.82, 2.24) is 4.98 Å². The fraction of sp³-hybridized carbons (Fsp3) is 0.214. The molecule has 4 nitrogen and oxygen atoms in total. The summed E-state index contributed by atoms with van der Waals surface area (Å²) in [5, 5.41) is 0. The van der Waals surface area contributed by atoms with Crippen LogP contribution in [0.1, 0.15) is 5.56 Å². The Kier molecular flexibility index (Phi) is 3.95. The molecule has 1 heterocycles. The Labute approximate surface area is 121 Å². The quantitative estimate of drug-likeness (QED) is 0.878. The zero-order valence-corrected chi connectivity index (χ0v) is 12.7. The van der Waals surface area contributed by atoms with E-state index in [-0.39, 0.29) is 0 Å². The molecule has 2 N–H and O–H groups in total. The highest BCUT2D eigenvalue weighted by Crippen LogP contribution is 2.33. The minimum atomic E-state index is 0.508. The van der Waals surface area contributed by atoms with Crippen LogP contribution in [0, 0.1) is 6.92 Å². The van der Waals surface area contributed by atoms with E-state index in [9.17, 15) is 0 Å². The number of benzene rings is 1. The Bertz CT molecular complexity index is 599. The minimum Gasteiger partial charge on any atom is -0.436 e. The number of pyridine rings is 1. The second-order valence-electron chi connectivity index (χ2n) is 4.52. The molecule has 0 bridgehead atoms. The lowest BCUT2D eigenvalue weighted by atomic mass is 10.2. The van der Waals surface area contributed by atoms with Crippen LogP contribution in [0.5, 0.6) is 11.6 Å². The number of rotatable bonds is 3. The molecule has 0 aliphatic heterocycles. The molecule has 19 heavy (non-hydrogen) atoms. The molecule has 0 atom stereocenters. The molecule has 2 aromatic rings. The van der Waals surface area contributed by atoms with Gasteiger partial charge in [-0.15, -0.1) is 0 Å². The lowest BCUT2D eigenvalue weighted by Gasteiger charge is -2.15.